The Hall–Kier alpha value is -3.09. The van der Waals surface area contributed by atoms with Crippen LogP contribution in [0.2, 0.25) is 0 Å². The SMILES string of the molecule is COc1ccccc1[C@@H]1C2=C(CCCC2=O)Nc2c(C(N)=O)cnn21. The molecule has 0 saturated carbocycles. The highest BCUT2D eigenvalue weighted by Crippen LogP contribution is 2.43. The van der Waals surface area contributed by atoms with Gasteiger partial charge in [-0.05, 0) is 18.9 Å². The minimum atomic E-state index is -0.557. The number of para-hydroxylation sites is 1. The number of nitrogens with zero attached hydrogens (tertiary/aromatic N) is 2. The normalized spacial score (nSPS) is 19.1. The standard InChI is InChI=1S/C18H18N4O3/c1-25-14-8-3-2-5-10(14)16-15-12(6-4-7-13(15)23)21-18-11(17(19)24)9-20-22(16)18/h2-3,5,8-9,16,21H,4,6-7H2,1H3,(H2,19,24)/t16-/m1/s1. The zero-order valence-corrected chi connectivity index (χ0v) is 13.8. The molecule has 7 nitrogen and oxygen atoms in total. The van der Waals surface area contributed by atoms with Crippen molar-refractivity contribution in [2.75, 3.05) is 12.4 Å². The lowest BCUT2D eigenvalue weighted by molar-refractivity contribution is -0.116. The fourth-order valence-corrected chi connectivity index (χ4v) is 3.62. The molecule has 2 aliphatic rings. The summed E-state index contributed by atoms with van der Waals surface area (Å²) in [5, 5.41) is 7.56. The number of allylic oxidation sites excluding steroid dienone is 2. The monoisotopic (exact) mass is 338 g/mol. The largest absolute Gasteiger partial charge is 0.496 e. The molecule has 4 rings (SSSR count). The summed E-state index contributed by atoms with van der Waals surface area (Å²) >= 11 is 0. The molecule has 0 saturated heterocycles. The van der Waals surface area contributed by atoms with E-state index in [9.17, 15) is 9.59 Å². The van der Waals surface area contributed by atoms with Crippen LogP contribution in [0.25, 0.3) is 0 Å². The number of methoxy groups -OCH3 is 1. The molecule has 25 heavy (non-hydrogen) atoms. The maximum atomic E-state index is 12.7. The molecule has 0 bridgehead atoms. The van der Waals surface area contributed by atoms with Gasteiger partial charge in [-0.15, -0.1) is 0 Å². The van der Waals surface area contributed by atoms with Crippen LogP contribution in [0.5, 0.6) is 5.75 Å². The molecule has 1 aromatic heterocycles. The highest BCUT2D eigenvalue weighted by Gasteiger charge is 2.38. The van der Waals surface area contributed by atoms with Gasteiger partial charge >= 0.3 is 0 Å². The van der Waals surface area contributed by atoms with E-state index in [-0.39, 0.29) is 5.78 Å². The van der Waals surface area contributed by atoms with E-state index in [1.807, 2.05) is 24.3 Å². The third kappa shape index (κ3) is 2.31. The number of fused-ring (bicyclic) bond motifs is 1. The molecule has 128 valence electrons. The maximum absolute atomic E-state index is 12.7. The second kappa shape index (κ2) is 5.77. The van der Waals surface area contributed by atoms with Gasteiger partial charge in [0.1, 0.15) is 23.2 Å². The molecular weight excluding hydrogens is 320 g/mol. The van der Waals surface area contributed by atoms with Crippen molar-refractivity contribution < 1.29 is 14.3 Å². The van der Waals surface area contributed by atoms with Crippen LogP contribution < -0.4 is 15.8 Å². The number of nitrogens with one attached hydrogen (secondary N) is 1. The summed E-state index contributed by atoms with van der Waals surface area (Å²) in [5.41, 5.74) is 8.13. The number of carbonyl (C=O) groups is 2. The van der Waals surface area contributed by atoms with Crippen LogP contribution in [-0.4, -0.2) is 28.6 Å². The van der Waals surface area contributed by atoms with Crippen molar-refractivity contribution in [1.29, 1.82) is 0 Å². The van der Waals surface area contributed by atoms with Crippen molar-refractivity contribution in [3.05, 3.63) is 52.9 Å². The van der Waals surface area contributed by atoms with Gasteiger partial charge in [-0.3, -0.25) is 9.59 Å². The Morgan fingerprint density at radius 3 is 2.92 bits per heavy atom. The number of ether oxygens (including phenoxy) is 1. The third-order valence-electron chi connectivity index (χ3n) is 4.74. The lowest BCUT2D eigenvalue weighted by Crippen LogP contribution is -2.32. The van der Waals surface area contributed by atoms with Crippen molar-refractivity contribution in [1.82, 2.24) is 9.78 Å². The van der Waals surface area contributed by atoms with E-state index < -0.39 is 11.9 Å². The topological polar surface area (TPSA) is 99.2 Å². The van der Waals surface area contributed by atoms with Crippen molar-refractivity contribution >= 4 is 17.5 Å². The molecule has 1 aliphatic carbocycles. The van der Waals surface area contributed by atoms with Crippen molar-refractivity contribution in [3.8, 4) is 5.75 Å². The molecule has 2 aromatic rings. The number of Topliss-reactive ketones (excluding diaryl/α,β-unsaturated/α-hetero) is 1. The number of rotatable bonds is 3. The van der Waals surface area contributed by atoms with Gasteiger partial charge in [0.05, 0.1) is 13.3 Å². The van der Waals surface area contributed by atoms with E-state index in [1.54, 1.807) is 11.8 Å². The van der Waals surface area contributed by atoms with Gasteiger partial charge in [0.2, 0.25) is 0 Å². The average molecular weight is 338 g/mol. The zero-order chi connectivity index (χ0) is 17.6. The number of primary amides is 1. The molecule has 0 fully saturated rings. The second-order valence-corrected chi connectivity index (χ2v) is 6.15. The summed E-state index contributed by atoms with van der Waals surface area (Å²) in [7, 11) is 1.59. The summed E-state index contributed by atoms with van der Waals surface area (Å²) in [5.74, 6) is 0.726. The first-order valence-corrected chi connectivity index (χ1v) is 8.15. The molecule has 1 atom stereocenters. The van der Waals surface area contributed by atoms with Crippen molar-refractivity contribution in [3.63, 3.8) is 0 Å². The number of ketones is 1. The number of aromatic nitrogens is 2. The van der Waals surface area contributed by atoms with Gasteiger partial charge in [-0.1, -0.05) is 18.2 Å². The summed E-state index contributed by atoms with van der Waals surface area (Å²) in [4.78, 5) is 24.4. The first kappa shape index (κ1) is 15.4. The van der Waals surface area contributed by atoms with Crippen LogP contribution in [0.1, 0.15) is 41.2 Å². The van der Waals surface area contributed by atoms with Gasteiger partial charge in [0.15, 0.2) is 5.78 Å². The molecule has 7 heteroatoms. The molecule has 1 amide bonds. The van der Waals surface area contributed by atoms with E-state index in [0.29, 0.717) is 29.1 Å². The quantitative estimate of drug-likeness (QED) is 0.892. The Balaban J connectivity index is 1.97. The summed E-state index contributed by atoms with van der Waals surface area (Å²) < 4.78 is 7.15. The van der Waals surface area contributed by atoms with E-state index in [1.165, 1.54) is 6.20 Å². The van der Waals surface area contributed by atoms with Crippen LogP contribution in [-0.2, 0) is 4.79 Å². The van der Waals surface area contributed by atoms with Crippen LogP contribution in [0.3, 0.4) is 0 Å². The van der Waals surface area contributed by atoms with Gasteiger partial charge in [0, 0.05) is 23.3 Å². The van der Waals surface area contributed by atoms with E-state index >= 15 is 0 Å². The van der Waals surface area contributed by atoms with Gasteiger partial charge in [-0.25, -0.2) is 4.68 Å². The number of nitrogens with two attached hydrogens (primary N) is 1. The number of anilines is 1. The predicted octanol–water partition coefficient (Wildman–Crippen LogP) is 2.01. The maximum Gasteiger partial charge on any atom is 0.254 e. The highest BCUT2D eigenvalue weighted by molar-refractivity contribution is 6.02. The van der Waals surface area contributed by atoms with Crippen molar-refractivity contribution in [2.24, 2.45) is 5.73 Å². The Kier molecular flexibility index (Phi) is 3.56. The van der Waals surface area contributed by atoms with Gasteiger partial charge in [-0.2, -0.15) is 5.10 Å². The molecule has 0 spiro atoms. The molecule has 1 aromatic carbocycles. The Labute approximate surface area is 144 Å². The first-order valence-electron chi connectivity index (χ1n) is 8.15. The number of benzene rings is 1. The van der Waals surface area contributed by atoms with Crippen LogP contribution >= 0.6 is 0 Å². The average Bonchev–Trinajstić information content (AvgIpc) is 3.04. The molecule has 2 heterocycles. The Morgan fingerprint density at radius 1 is 1.36 bits per heavy atom. The first-order chi connectivity index (χ1) is 12.1. The number of carbonyl (C=O) groups excluding carboxylic acids is 2. The minimum absolute atomic E-state index is 0.0893. The van der Waals surface area contributed by atoms with Crippen molar-refractivity contribution in [2.45, 2.75) is 25.3 Å². The zero-order valence-electron chi connectivity index (χ0n) is 13.8. The minimum Gasteiger partial charge on any atom is -0.496 e. The third-order valence-corrected chi connectivity index (χ3v) is 4.74. The summed E-state index contributed by atoms with van der Waals surface area (Å²) in [6.45, 7) is 0. The lowest BCUT2D eigenvalue weighted by Gasteiger charge is -2.33. The van der Waals surface area contributed by atoms with Gasteiger partial charge in [0.25, 0.3) is 5.91 Å². The molecular formula is C18H18N4O3. The summed E-state index contributed by atoms with van der Waals surface area (Å²) in [6.07, 6.45) is 3.47. The predicted molar refractivity (Wildman–Crippen MR) is 91.4 cm³/mol. The molecule has 0 unspecified atom stereocenters. The van der Waals surface area contributed by atoms with Crippen LogP contribution in [0.4, 0.5) is 5.82 Å². The molecule has 3 N–H and O–H groups in total. The lowest BCUT2D eigenvalue weighted by atomic mass is 9.85. The Morgan fingerprint density at radius 2 is 2.16 bits per heavy atom. The fourth-order valence-electron chi connectivity index (χ4n) is 3.62. The van der Waals surface area contributed by atoms with E-state index in [2.05, 4.69) is 10.4 Å². The summed E-state index contributed by atoms with van der Waals surface area (Å²) in [6, 6.07) is 7.09. The fraction of sp³-hybridized carbons (Fsp3) is 0.278. The van der Waals surface area contributed by atoms with Gasteiger partial charge < -0.3 is 15.8 Å². The number of amides is 1. The molecule has 0 radical (unpaired) electrons. The van der Waals surface area contributed by atoms with E-state index in [0.717, 1.165) is 24.1 Å². The molecule has 1 aliphatic heterocycles. The number of hydrogen-bond donors (Lipinski definition) is 2. The van der Waals surface area contributed by atoms with Crippen LogP contribution in [0, 0.1) is 0 Å². The van der Waals surface area contributed by atoms with Crippen LogP contribution in [0.15, 0.2) is 41.7 Å². The highest BCUT2D eigenvalue weighted by atomic mass is 16.5. The van der Waals surface area contributed by atoms with E-state index in [4.69, 9.17) is 10.5 Å². The second-order valence-electron chi connectivity index (χ2n) is 6.15. The Bertz CT molecular complexity index is 913. The number of hydrogen-bond acceptors (Lipinski definition) is 5. The smallest absolute Gasteiger partial charge is 0.254 e.